The van der Waals surface area contributed by atoms with Crippen LogP contribution in [0.5, 0.6) is 11.5 Å². The quantitative estimate of drug-likeness (QED) is 0.531. The Labute approximate surface area is 224 Å². The molecule has 0 unspecified atom stereocenters. The highest BCUT2D eigenvalue weighted by Gasteiger charge is 2.73. The van der Waals surface area contributed by atoms with Crippen LogP contribution in [0.3, 0.4) is 0 Å². The van der Waals surface area contributed by atoms with Gasteiger partial charge in [0.05, 0.1) is 16.7 Å². The van der Waals surface area contributed by atoms with E-state index in [0.717, 1.165) is 56.8 Å². The van der Waals surface area contributed by atoms with Gasteiger partial charge in [-0.3, -0.25) is 4.90 Å². The number of phenolic OH excluding ortho intramolecular Hbond substituents is 1. The highest BCUT2D eigenvalue weighted by atomic mass is 16.5. The second-order valence-electron chi connectivity index (χ2n) is 13.0. The molecule has 3 aromatic rings. The number of benzene rings is 2. The number of aromatic nitrogens is 1. The molecule has 6 aliphatic rings. The summed E-state index contributed by atoms with van der Waals surface area (Å²) in [5.41, 5.74) is 7.85. The number of piperidine rings is 1. The molecule has 2 aromatic carbocycles. The maximum atomic E-state index is 13.1. The second-order valence-corrected chi connectivity index (χ2v) is 13.0. The van der Waals surface area contributed by atoms with Crippen molar-refractivity contribution in [3.05, 3.63) is 81.7 Å². The summed E-state index contributed by atoms with van der Waals surface area (Å²) >= 11 is 0. The monoisotopic (exact) mass is 508 g/mol. The fourth-order valence-corrected chi connectivity index (χ4v) is 9.34. The van der Waals surface area contributed by atoms with Crippen LogP contribution in [0.4, 0.5) is 0 Å². The summed E-state index contributed by atoms with van der Waals surface area (Å²) in [6.07, 6.45) is 9.42. The van der Waals surface area contributed by atoms with Crippen LogP contribution in [-0.2, 0) is 37.6 Å². The predicted molar refractivity (Wildman–Crippen MR) is 145 cm³/mol. The summed E-state index contributed by atoms with van der Waals surface area (Å²) in [6, 6.07) is 14.8. The molecular formula is C33H36N2O3. The number of nitrogens with zero attached hydrogens (tertiary/aromatic N) is 2. The van der Waals surface area contributed by atoms with Gasteiger partial charge in [-0.15, -0.1) is 0 Å². The van der Waals surface area contributed by atoms with Crippen LogP contribution in [0.25, 0.3) is 0 Å². The third kappa shape index (κ3) is 2.65. The molecule has 196 valence electrons. The zero-order chi connectivity index (χ0) is 25.2. The van der Waals surface area contributed by atoms with Crippen LogP contribution in [0.2, 0.25) is 0 Å². The van der Waals surface area contributed by atoms with E-state index in [-0.39, 0.29) is 17.9 Å². The molecule has 1 aromatic heterocycles. The van der Waals surface area contributed by atoms with Crippen molar-refractivity contribution in [2.75, 3.05) is 13.1 Å². The van der Waals surface area contributed by atoms with E-state index in [9.17, 15) is 10.2 Å². The lowest BCUT2D eigenvalue weighted by Crippen LogP contribution is -2.74. The fraction of sp³-hybridized carbons (Fsp3) is 0.515. The van der Waals surface area contributed by atoms with E-state index in [1.54, 1.807) is 0 Å². The van der Waals surface area contributed by atoms with Crippen molar-refractivity contribution in [1.29, 1.82) is 0 Å². The summed E-state index contributed by atoms with van der Waals surface area (Å²) in [5, 5.41) is 24.2. The highest BCUT2D eigenvalue weighted by molar-refractivity contribution is 5.65. The minimum atomic E-state index is -0.895. The van der Waals surface area contributed by atoms with Gasteiger partial charge in [-0.2, -0.15) is 0 Å². The zero-order valence-corrected chi connectivity index (χ0v) is 22.0. The van der Waals surface area contributed by atoms with Gasteiger partial charge in [-0.1, -0.05) is 36.4 Å². The molecule has 3 heterocycles. The number of aromatic hydroxyl groups is 1. The van der Waals surface area contributed by atoms with Gasteiger partial charge in [0.2, 0.25) is 0 Å². The Morgan fingerprint density at radius 2 is 1.84 bits per heavy atom. The third-order valence-electron chi connectivity index (χ3n) is 11.1. The van der Waals surface area contributed by atoms with E-state index in [1.807, 2.05) is 6.07 Å². The summed E-state index contributed by atoms with van der Waals surface area (Å²) in [5.74, 6) is 1.65. The number of likely N-dealkylation sites (tertiary alicyclic amines) is 1. The number of phenols is 1. The number of ether oxygens (including phenoxy) is 1. The molecule has 2 fully saturated rings. The predicted octanol–water partition coefficient (Wildman–Crippen LogP) is 4.82. The van der Waals surface area contributed by atoms with Crippen molar-refractivity contribution in [2.45, 2.75) is 87.5 Å². The Morgan fingerprint density at radius 1 is 1.00 bits per heavy atom. The van der Waals surface area contributed by atoms with Crippen molar-refractivity contribution >= 4 is 0 Å². The lowest BCUT2D eigenvalue weighted by atomic mass is 9.49. The van der Waals surface area contributed by atoms with Gasteiger partial charge in [-0.25, -0.2) is 0 Å². The SMILES string of the molecule is Oc1ccc2c3c1O[C@H]1c4c(c5c(n4Cc4ccccc4)CCCC5)C[C@@]4(O)[C@@H](C2)N(CC2CC2)CC[C@]314. The van der Waals surface area contributed by atoms with Crippen molar-refractivity contribution in [1.82, 2.24) is 9.47 Å². The van der Waals surface area contributed by atoms with Crippen LogP contribution in [-0.4, -0.2) is 44.4 Å². The molecule has 0 radical (unpaired) electrons. The van der Waals surface area contributed by atoms with Crippen LogP contribution < -0.4 is 4.74 Å². The van der Waals surface area contributed by atoms with Gasteiger partial charge in [-0.05, 0) is 92.1 Å². The Bertz CT molecular complexity index is 1470. The van der Waals surface area contributed by atoms with Gasteiger partial charge >= 0.3 is 0 Å². The van der Waals surface area contributed by atoms with Gasteiger partial charge in [0.25, 0.3) is 0 Å². The Morgan fingerprint density at radius 3 is 2.68 bits per heavy atom. The van der Waals surface area contributed by atoms with E-state index in [0.29, 0.717) is 12.2 Å². The van der Waals surface area contributed by atoms with Gasteiger partial charge in [0.1, 0.15) is 0 Å². The first-order valence-corrected chi connectivity index (χ1v) is 14.8. The van der Waals surface area contributed by atoms with Crippen molar-refractivity contribution < 1.29 is 14.9 Å². The van der Waals surface area contributed by atoms with Crippen molar-refractivity contribution in [3.63, 3.8) is 0 Å². The molecule has 38 heavy (non-hydrogen) atoms. The highest BCUT2D eigenvalue weighted by Crippen LogP contribution is 2.69. The molecule has 2 bridgehead atoms. The minimum Gasteiger partial charge on any atom is -0.504 e. The summed E-state index contributed by atoms with van der Waals surface area (Å²) < 4.78 is 9.51. The van der Waals surface area contributed by atoms with E-state index in [2.05, 4.69) is 45.9 Å². The summed E-state index contributed by atoms with van der Waals surface area (Å²) in [7, 11) is 0. The number of hydrogen-bond donors (Lipinski definition) is 2. The average Bonchev–Trinajstić information content (AvgIpc) is 3.61. The van der Waals surface area contributed by atoms with Gasteiger partial charge in [0.15, 0.2) is 17.6 Å². The van der Waals surface area contributed by atoms with E-state index < -0.39 is 11.0 Å². The standard InChI is InChI=1S/C33H36N2O3/c36-26-13-12-22-16-27-33(37)17-24-23-8-4-5-9-25(23)35(19-20-6-2-1-3-7-20)29(24)31-32(33,28(22)30(26)38-31)14-15-34(27)18-21-10-11-21/h1-3,6-7,12-13,21,27,31,36-37H,4-5,8-11,14-19H2/t27-,31+,32+,33-/m1/s1. The molecule has 1 saturated carbocycles. The number of fused-ring (bicyclic) bond motifs is 4. The zero-order valence-electron chi connectivity index (χ0n) is 22.0. The number of aliphatic hydroxyl groups is 1. The molecule has 0 amide bonds. The first-order valence-electron chi connectivity index (χ1n) is 14.8. The normalized spacial score (nSPS) is 32.3. The lowest BCUT2D eigenvalue weighted by molar-refractivity contribution is -0.174. The Kier molecular flexibility index (Phi) is 4.33. The molecule has 1 spiro atoms. The average molecular weight is 509 g/mol. The second kappa shape index (κ2) is 7.45. The maximum Gasteiger partial charge on any atom is 0.166 e. The summed E-state index contributed by atoms with van der Waals surface area (Å²) in [6.45, 7) is 2.93. The summed E-state index contributed by atoms with van der Waals surface area (Å²) in [4.78, 5) is 2.63. The lowest BCUT2D eigenvalue weighted by Gasteiger charge is -2.63. The van der Waals surface area contributed by atoms with Crippen LogP contribution in [0, 0.1) is 5.92 Å². The van der Waals surface area contributed by atoms with Crippen LogP contribution in [0.1, 0.15) is 77.4 Å². The maximum absolute atomic E-state index is 13.1. The topological polar surface area (TPSA) is 57.9 Å². The first-order chi connectivity index (χ1) is 18.6. The van der Waals surface area contributed by atoms with Crippen LogP contribution in [0.15, 0.2) is 42.5 Å². The molecule has 5 nitrogen and oxygen atoms in total. The minimum absolute atomic E-state index is 0.0933. The fourth-order valence-electron chi connectivity index (χ4n) is 9.34. The smallest absolute Gasteiger partial charge is 0.166 e. The van der Waals surface area contributed by atoms with Crippen molar-refractivity contribution in [2.24, 2.45) is 5.92 Å². The molecule has 2 aliphatic heterocycles. The third-order valence-corrected chi connectivity index (χ3v) is 11.1. The van der Waals surface area contributed by atoms with E-state index in [1.165, 1.54) is 59.3 Å². The number of rotatable bonds is 4. The van der Waals surface area contributed by atoms with Crippen LogP contribution >= 0.6 is 0 Å². The first kappa shape index (κ1) is 22.1. The molecule has 9 rings (SSSR count). The Balaban J connectivity index is 1.29. The molecule has 4 atom stereocenters. The van der Waals surface area contributed by atoms with Gasteiger partial charge in [0, 0.05) is 36.8 Å². The molecule has 2 N–H and O–H groups in total. The molecule has 5 heteroatoms. The molecule has 1 saturated heterocycles. The van der Waals surface area contributed by atoms with Gasteiger partial charge < -0.3 is 19.5 Å². The van der Waals surface area contributed by atoms with E-state index in [4.69, 9.17) is 4.74 Å². The van der Waals surface area contributed by atoms with Crippen molar-refractivity contribution in [3.8, 4) is 11.5 Å². The molecular weight excluding hydrogens is 472 g/mol. The largest absolute Gasteiger partial charge is 0.504 e. The Hall–Kier alpha value is -2.76. The van der Waals surface area contributed by atoms with E-state index >= 15 is 0 Å². The number of hydrogen-bond acceptors (Lipinski definition) is 4. The molecule has 4 aliphatic carbocycles.